The van der Waals surface area contributed by atoms with Gasteiger partial charge in [-0.05, 0) is 94.0 Å². The molecule has 0 bridgehead atoms. The third-order valence-electron chi connectivity index (χ3n) is 8.12. The maximum atomic E-state index is 13.4. The van der Waals surface area contributed by atoms with E-state index in [4.69, 9.17) is 0 Å². The summed E-state index contributed by atoms with van der Waals surface area (Å²) in [6, 6.07) is 8.66. The van der Waals surface area contributed by atoms with Gasteiger partial charge >= 0.3 is 0 Å². The van der Waals surface area contributed by atoms with Gasteiger partial charge < -0.3 is 20.1 Å². The maximum absolute atomic E-state index is 13.4. The van der Waals surface area contributed by atoms with Crippen LogP contribution in [0.4, 0.5) is 5.69 Å². The van der Waals surface area contributed by atoms with E-state index in [2.05, 4.69) is 45.2 Å². The highest BCUT2D eigenvalue weighted by molar-refractivity contribution is 5.97. The Morgan fingerprint density at radius 1 is 1.06 bits per heavy atom. The number of nitrogens with one attached hydrogen (secondary N) is 2. The minimum absolute atomic E-state index is 0.106. The van der Waals surface area contributed by atoms with Gasteiger partial charge in [0.1, 0.15) is 0 Å². The molecule has 1 saturated heterocycles. The van der Waals surface area contributed by atoms with Crippen molar-refractivity contribution in [2.45, 2.75) is 71.4 Å². The van der Waals surface area contributed by atoms with Gasteiger partial charge in [0.2, 0.25) is 0 Å². The smallest absolute Gasteiger partial charge is 0.253 e. The molecule has 36 heavy (non-hydrogen) atoms. The molecule has 2 aliphatic heterocycles. The number of aryl methyl sites for hydroxylation is 2. The number of hydrogen-bond acceptors (Lipinski definition) is 4. The average molecular weight is 489 g/mol. The van der Waals surface area contributed by atoms with E-state index in [1.807, 2.05) is 25.1 Å². The van der Waals surface area contributed by atoms with Crippen molar-refractivity contribution in [3.8, 4) is 0 Å². The molecule has 192 valence electrons. The molecule has 1 aromatic heterocycles. The van der Waals surface area contributed by atoms with Crippen molar-refractivity contribution in [3.05, 3.63) is 74.7 Å². The molecule has 1 aromatic carbocycles. The molecule has 1 amide bonds. The molecule has 0 spiro atoms. The van der Waals surface area contributed by atoms with E-state index in [-0.39, 0.29) is 18.0 Å². The van der Waals surface area contributed by atoms with Gasteiger partial charge in [0.15, 0.2) is 0 Å². The number of benzene rings is 1. The Hall–Kier alpha value is -2.86. The molecule has 1 saturated carbocycles. The minimum atomic E-state index is -0.109. The highest BCUT2D eigenvalue weighted by Crippen LogP contribution is 2.33. The summed E-state index contributed by atoms with van der Waals surface area (Å²) in [7, 11) is 0. The molecular formula is C30H40N4O2. The van der Waals surface area contributed by atoms with Gasteiger partial charge in [-0.3, -0.25) is 9.59 Å². The first-order valence-electron chi connectivity index (χ1n) is 13.8. The lowest BCUT2D eigenvalue weighted by atomic mass is 9.95. The lowest BCUT2D eigenvalue weighted by molar-refractivity contribution is 0.0950. The number of carbonyl (C=O) groups excluding carboxylic acids is 1. The first-order valence-corrected chi connectivity index (χ1v) is 13.8. The van der Waals surface area contributed by atoms with Crippen molar-refractivity contribution < 1.29 is 4.79 Å². The van der Waals surface area contributed by atoms with Gasteiger partial charge in [-0.25, -0.2) is 0 Å². The first-order chi connectivity index (χ1) is 17.5. The highest BCUT2D eigenvalue weighted by atomic mass is 16.1. The number of rotatable bonds is 5. The van der Waals surface area contributed by atoms with Crippen LogP contribution in [0.5, 0.6) is 0 Å². The second kappa shape index (κ2) is 11.0. The number of piperidine rings is 1. The summed E-state index contributed by atoms with van der Waals surface area (Å²) in [6.07, 6.45) is 12.0. The molecule has 1 aliphatic carbocycles. The van der Waals surface area contributed by atoms with Gasteiger partial charge in [0.05, 0.1) is 0 Å². The molecular weight excluding hydrogens is 448 g/mol. The molecule has 6 nitrogen and oxygen atoms in total. The molecule has 3 heterocycles. The zero-order valence-electron chi connectivity index (χ0n) is 21.8. The Bertz CT molecular complexity index is 1170. The fraction of sp³-hybridized carbons (Fsp3) is 0.533. The number of aromatic amines is 1. The summed E-state index contributed by atoms with van der Waals surface area (Å²) >= 11 is 0. The minimum Gasteiger partial charge on any atom is -0.368 e. The Kier molecular flexibility index (Phi) is 7.61. The van der Waals surface area contributed by atoms with Crippen LogP contribution in [0.15, 0.2) is 41.2 Å². The van der Waals surface area contributed by atoms with E-state index < -0.39 is 0 Å². The molecule has 0 atom stereocenters. The molecule has 0 unspecified atom stereocenters. The molecule has 5 rings (SSSR count). The van der Waals surface area contributed by atoms with E-state index >= 15 is 0 Å². The second-order valence-electron chi connectivity index (χ2n) is 10.7. The van der Waals surface area contributed by atoms with Crippen LogP contribution in [0.1, 0.15) is 71.8 Å². The maximum Gasteiger partial charge on any atom is 0.253 e. The Morgan fingerprint density at radius 2 is 1.86 bits per heavy atom. The van der Waals surface area contributed by atoms with Crippen molar-refractivity contribution in [1.29, 1.82) is 0 Å². The van der Waals surface area contributed by atoms with E-state index in [1.165, 1.54) is 51.0 Å². The van der Waals surface area contributed by atoms with Crippen LogP contribution >= 0.6 is 0 Å². The number of aromatic nitrogens is 1. The van der Waals surface area contributed by atoms with Gasteiger partial charge in [-0.2, -0.15) is 0 Å². The number of allylic oxidation sites excluding steroid dienone is 2. The fourth-order valence-electron chi connectivity index (χ4n) is 6.00. The van der Waals surface area contributed by atoms with Crippen molar-refractivity contribution in [2.24, 2.45) is 5.92 Å². The standard InChI is InChI=1S/C30H40N4O2/c1-3-34(24-14-16-33(17-15-24)20-22-12-13-22)28-11-7-10-26-25(28)9-6-4-5-8-23-18-21(2)32-30(36)27(23)19-31-29(26)35/h4,6-7,10-11,18,22,24H,3,5,8-9,12-17,19-20H2,1-2H3,(H,31,35)(H,32,36). The Labute approximate surface area is 214 Å². The van der Waals surface area contributed by atoms with E-state index in [0.29, 0.717) is 17.2 Å². The highest BCUT2D eigenvalue weighted by Gasteiger charge is 2.30. The van der Waals surface area contributed by atoms with Crippen molar-refractivity contribution in [1.82, 2.24) is 15.2 Å². The van der Waals surface area contributed by atoms with Crippen molar-refractivity contribution >= 4 is 11.6 Å². The predicted octanol–water partition coefficient (Wildman–Crippen LogP) is 4.36. The van der Waals surface area contributed by atoms with Crippen LogP contribution in [-0.2, 0) is 19.4 Å². The third kappa shape index (κ3) is 5.59. The lowest BCUT2D eigenvalue weighted by Crippen LogP contribution is -2.46. The van der Waals surface area contributed by atoms with Crippen LogP contribution in [0, 0.1) is 12.8 Å². The molecule has 2 aromatic rings. The number of amides is 1. The van der Waals surface area contributed by atoms with Crippen LogP contribution in [0.25, 0.3) is 0 Å². The summed E-state index contributed by atoms with van der Waals surface area (Å²) in [4.78, 5) is 34.2. The quantitative estimate of drug-likeness (QED) is 0.614. The number of H-pyrrole nitrogens is 1. The van der Waals surface area contributed by atoms with Gasteiger partial charge in [0.25, 0.3) is 11.5 Å². The van der Waals surface area contributed by atoms with Crippen molar-refractivity contribution in [3.63, 3.8) is 0 Å². The molecule has 2 N–H and O–H groups in total. The number of fused-ring (bicyclic) bond motifs is 2. The lowest BCUT2D eigenvalue weighted by Gasteiger charge is -2.40. The Morgan fingerprint density at radius 3 is 2.61 bits per heavy atom. The second-order valence-corrected chi connectivity index (χ2v) is 10.7. The van der Waals surface area contributed by atoms with Gasteiger partial charge in [-0.15, -0.1) is 0 Å². The predicted molar refractivity (Wildman–Crippen MR) is 146 cm³/mol. The molecule has 6 heteroatoms. The molecule has 2 fully saturated rings. The largest absolute Gasteiger partial charge is 0.368 e. The summed E-state index contributed by atoms with van der Waals surface area (Å²) in [5.41, 5.74) is 5.41. The number of hydrogen-bond donors (Lipinski definition) is 2. The summed E-state index contributed by atoms with van der Waals surface area (Å²) in [5.74, 6) is 0.831. The van der Waals surface area contributed by atoms with E-state index in [0.717, 1.165) is 48.5 Å². The third-order valence-corrected chi connectivity index (χ3v) is 8.12. The Balaban J connectivity index is 1.40. The summed E-state index contributed by atoms with van der Waals surface area (Å²) in [5, 5.41) is 3.06. The van der Waals surface area contributed by atoms with Crippen LogP contribution in [-0.4, -0.2) is 48.0 Å². The number of pyridine rings is 1. The molecule has 0 radical (unpaired) electrons. The van der Waals surface area contributed by atoms with E-state index in [9.17, 15) is 9.59 Å². The SMILES string of the molecule is CCN(c1cccc2c1CC=CCCc1cc(C)[nH]c(=O)c1CNC2=O)C1CCN(CC2CC2)CC1. The number of nitrogens with zero attached hydrogens (tertiary/aromatic N) is 2. The molecule has 3 aliphatic rings. The number of anilines is 1. The van der Waals surface area contributed by atoms with Crippen molar-refractivity contribution in [2.75, 3.05) is 31.1 Å². The average Bonchev–Trinajstić information content (AvgIpc) is 3.68. The number of carbonyl (C=O) groups is 1. The first kappa shape index (κ1) is 24.8. The monoisotopic (exact) mass is 488 g/mol. The van der Waals surface area contributed by atoms with Gasteiger partial charge in [0, 0.05) is 61.3 Å². The van der Waals surface area contributed by atoms with Gasteiger partial charge in [-0.1, -0.05) is 18.2 Å². The summed E-state index contributed by atoms with van der Waals surface area (Å²) in [6.45, 7) is 8.91. The normalized spacial score (nSPS) is 19.6. The van der Waals surface area contributed by atoms with Crippen LogP contribution in [0.3, 0.4) is 0 Å². The zero-order chi connectivity index (χ0) is 25.1. The topological polar surface area (TPSA) is 68.4 Å². The summed E-state index contributed by atoms with van der Waals surface area (Å²) < 4.78 is 0. The van der Waals surface area contributed by atoms with E-state index in [1.54, 1.807) is 0 Å². The van der Waals surface area contributed by atoms with Crippen LogP contribution < -0.4 is 15.8 Å². The zero-order valence-corrected chi connectivity index (χ0v) is 21.8. The van der Waals surface area contributed by atoms with Crippen LogP contribution in [0.2, 0.25) is 0 Å². The fourth-order valence-corrected chi connectivity index (χ4v) is 6.00. The number of likely N-dealkylation sites (tertiary alicyclic amines) is 1.